The largest absolute Gasteiger partial charge is 0.420 e. The first kappa shape index (κ1) is 16.6. The Morgan fingerprint density at radius 2 is 2.38 bits per heavy atom. The molecular weight excluding hydrogens is 372 g/mol. The molecule has 132 valence electrons. The first-order chi connectivity index (χ1) is 12.6. The number of aromatic amines is 1. The third-order valence-electron chi connectivity index (χ3n) is 4.04. The van der Waals surface area contributed by atoms with Gasteiger partial charge in [-0.05, 0) is 34.4 Å². The maximum Gasteiger partial charge on any atom is 0.244 e. The molecule has 0 fully saturated rings. The fourth-order valence-corrected chi connectivity index (χ4v) is 4.71. The summed E-state index contributed by atoms with van der Waals surface area (Å²) in [7, 11) is 1.80. The average Bonchev–Trinajstić information content (AvgIpc) is 3.33. The molecule has 0 saturated carbocycles. The highest BCUT2D eigenvalue weighted by Crippen LogP contribution is 2.44. The van der Waals surface area contributed by atoms with Crippen molar-refractivity contribution < 1.29 is 4.74 Å². The predicted octanol–water partition coefficient (Wildman–Crippen LogP) is 1.81. The smallest absolute Gasteiger partial charge is 0.244 e. The zero-order valence-corrected chi connectivity index (χ0v) is 15.6. The van der Waals surface area contributed by atoms with Crippen LogP contribution in [0.25, 0.3) is 0 Å². The molecule has 4 rings (SSSR count). The highest BCUT2D eigenvalue weighted by atomic mass is 32.2. The van der Waals surface area contributed by atoms with E-state index in [2.05, 4.69) is 43.2 Å². The maximum atomic E-state index is 9.59. The minimum Gasteiger partial charge on any atom is -0.420 e. The second kappa shape index (κ2) is 6.47. The molecule has 3 N–H and O–H groups in total. The van der Waals surface area contributed by atoms with E-state index >= 15 is 0 Å². The third-order valence-corrected chi connectivity index (χ3v) is 6.17. The quantitative estimate of drug-likeness (QED) is 0.649. The van der Waals surface area contributed by atoms with Crippen molar-refractivity contribution in [3.05, 3.63) is 44.6 Å². The fourth-order valence-electron chi connectivity index (χ4n) is 2.80. The van der Waals surface area contributed by atoms with Gasteiger partial charge in [-0.2, -0.15) is 5.26 Å². The van der Waals surface area contributed by atoms with Crippen LogP contribution in [-0.2, 0) is 12.8 Å². The standard InChI is InChI=1S/C15H14N8OS2/c1-7-11-12(9(4-16)13(17)24-14(11)19-18-7)10-3-8(5-25-10)6-26-15-20-21-22-23(15)2/h3,5,12H,6,17H2,1-2H3,(H,18,19). The van der Waals surface area contributed by atoms with E-state index in [9.17, 15) is 5.26 Å². The Bertz CT molecular complexity index is 1040. The van der Waals surface area contributed by atoms with E-state index in [1.54, 1.807) is 34.8 Å². The lowest BCUT2D eigenvalue weighted by atomic mass is 9.89. The van der Waals surface area contributed by atoms with E-state index in [4.69, 9.17) is 10.5 Å². The Morgan fingerprint density at radius 1 is 1.54 bits per heavy atom. The van der Waals surface area contributed by atoms with Crippen LogP contribution in [0.1, 0.15) is 27.6 Å². The van der Waals surface area contributed by atoms with Crippen LogP contribution in [0.3, 0.4) is 0 Å². The van der Waals surface area contributed by atoms with Crippen LogP contribution in [0.15, 0.2) is 28.1 Å². The number of rotatable bonds is 4. The molecule has 0 radical (unpaired) electrons. The summed E-state index contributed by atoms with van der Waals surface area (Å²) >= 11 is 3.14. The normalized spacial score (nSPS) is 16.3. The molecule has 3 aromatic rings. The molecular formula is C15H14N8OS2. The van der Waals surface area contributed by atoms with Gasteiger partial charge in [0.25, 0.3) is 0 Å². The van der Waals surface area contributed by atoms with Crippen LogP contribution in [0.5, 0.6) is 5.88 Å². The van der Waals surface area contributed by atoms with Gasteiger partial charge in [-0.3, -0.25) is 5.10 Å². The summed E-state index contributed by atoms with van der Waals surface area (Å²) in [5, 5.41) is 30.9. The summed E-state index contributed by atoms with van der Waals surface area (Å²) in [4.78, 5) is 1.02. The van der Waals surface area contributed by atoms with Gasteiger partial charge in [-0.15, -0.1) is 21.5 Å². The SMILES string of the molecule is Cc1[nH]nc2c1C(c1cc(CSc3nnnn3C)cs1)C(C#N)=C(N)O2. The number of hydrogen-bond donors (Lipinski definition) is 2. The molecule has 0 amide bonds. The Hall–Kier alpha value is -2.84. The number of H-pyrrole nitrogens is 1. The number of thiophene rings is 1. The molecule has 0 aliphatic carbocycles. The van der Waals surface area contributed by atoms with Crippen LogP contribution < -0.4 is 10.5 Å². The Kier molecular flexibility index (Phi) is 4.14. The minimum absolute atomic E-state index is 0.103. The lowest BCUT2D eigenvalue weighted by molar-refractivity contribution is 0.379. The van der Waals surface area contributed by atoms with Gasteiger partial charge < -0.3 is 10.5 Å². The lowest BCUT2D eigenvalue weighted by Crippen LogP contribution is -2.20. The minimum atomic E-state index is -0.275. The summed E-state index contributed by atoms with van der Waals surface area (Å²) in [5.41, 5.74) is 9.19. The number of nitriles is 1. The van der Waals surface area contributed by atoms with E-state index in [1.165, 1.54) is 0 Å². The Labute approximate surface area is 156 Å². The zero-order valence-electron chi connectivity index (χ0n) is 13.9. The highest BCUT2D eigenvalue weighted by molar-refractivity contribution is 7.98. The van der Waals surface area contributed by atoms with E-state index < -0.39 is 0 Å². The van der Waals surface area contributed by atoms with E-state index in [0.717, 1.165) is 32.6 Å². The second-order valence-electron chi connectivity index (χ2n) is 5.72. The number of hydrogen-bond acceptors (Lipinski definition) is 9. The molecule has 1 unspecified atom stereocenters. The van der Waals surface area contributed by atoms with E-state index in [0.29, 0.717) is 11.5 Å². The van der Waals surface area contributed by atoms with Crippen molar-refractivity contribution in [2.75, 3.05) is 0 Å². The molecule has 9 nitrogen and oxygen atoms in total. The monoisotopic (exact) mass is 386 g/mol. The molecule has 0 spiro atoms. The van der Waals surface area contributed by atoms with Crippen molar-refractivity contribution in [1.29, 1.82) is 5.26 Å². The molecule has 3 aromatic heterocycles. The molecule has 1 atom stereocenters. The number of aryl methyl sites for hydroxylation is 2. The van der Waals surface area contributed by atoms with Gasteiger partial charge in [0.05, 0.1) is 11.5 Å². The molecule has 11 heteroatoms. The van der Waals surface area contributed by atoms with Crippen LogP contribution in [0, 0.1) is 18.3 Å². The molecule has 1 aliphatic rings. The van der Waals surface area contributed by atoms with Crippen molar-refractivity contribution in [2.45, 2.75) is 23.8 Å². The Balaban J connectivity index is 1.65. The second-order valence-corrected chi connectivity index (χ2v) is 7.61. The molecule has 4 heterocycles. The summed E-state index contributed by atoms with van der Waals surface area (Å²) < 4.78 is 7.13. The van der Waals surface area contributed by atoms with Crippen molar-refractivity contribution >= 4 is 23.1 Å². The van der Waals surface area contributed by atoms with Crippen molar-refractivity contribution in [2.24, 2.45) is 12.8 Å². The molecule has 0 bridgehead atoms. The number of nitrogens with two attached hydrogens (primary N) is 1. The number of nitrogens with zero attached hydrogens (tertiary/aromatic N) is 6. The summed E-state index contributed by atoms with van der Waals surface area (Å²) in [6.45, 7) is 1.91. The lowest BCUT2D eigenvalue weighted by Gasteiger charge is -2.22. The van der Waals surface area contributed by atoms with Gasteiger partial charge in [-0.1, -0.05) is 11.8 Å². The number of thioether (sulfide) groups is 1. The third kappa shape index (κ3) is 2.73. The number of nitrogens with one attached hydrogen (secondary N) is 1. The highest BCUT2D eigenvalue weighted by Gasteiger charge is 2.35. The number of tetrazole rings is 1. The molecule has 1 aliphatic heterocycles. The van der Waals surface area contributed by atoms with Crippen molar-refractivity contribution in [3.63, 3.8) is 0 Å². The summed E-state index contributed by atoms with van der Waals surface area (Å²) in [5.74, 6) is 0.985. The van der Waals surface area contributed by atoms with Gasteiger partial charge in [0.15, 0.2) is 0 Å². The van der Waals surface area contributed by atoms with Crippen LogP contribution >= 0.6 is 23.1 Å². The molecule has 0 saturated heterocycles. The molecule has 26 heavy (non-hydrogen) atoms. The van der Waals surface area contributed by atoms with Gasteiger partial charge in [0.2, 0.25) is 16.9 Å². The van der Waals surface area contributed by atoms with Gasteiger partial charge in [0.1, 0.15) is 11.6 Å². The molecule has 0 aromatic carbocycles. The summed E-state index contributed by atoms with van der Waals surface area (Å²) in [6.07, 6.45) is 0. The van der Waals surface area contributed by atoms with Crippen molar-refractivity contribution in [1.82, 2.24) is 30.4 Å². The number of ether oxygens (including phenoxy) is 1. The van der Waals surface area contributed by atoms with Crippen LogP contribution in [0.4, 0.5) is 0 Å². The van der Waals surface area contributed by atoms with Gasteiger partial charge >= 0.3 is 0 Å². The number of fused-ring (bicyclic) bond motifs is 1. The van der Waals surface area contributed by atoms with Gasteiger partial charge in [0, 0.05) is 23.4 Å². The maximum absolute atomic E-state index is 9.59. The van der Waals surface area contributed by atoms with Gasteiger partial charge in [-0.25, -0.2) is 4.68 Å². The number of aromatic nitrogens is 6. The average molecular weight is 386 g/mol. The number of allylic oxidation sites excluding steroid dienone is 1. The van der Waals surface area contributed by atoms with Crippen molar-refractivity contribution in [3.8, 4) is 11.9 Å². The van der Waals surface area contributed by atoms with E-state index in [1.807, 2.05) is 6.92 Å². The topological polar surface area (TPSA) is 131 Å². The first-order valence-electron chi connectivity index (χ1n) is 7.63. The predicted molar refractivity (Wildman–Crippen MR) is 95.3 cm³/mol. The fraction of sp³-hybridized carbons (Fsp3) is 0.267. The summed E-state index contributed by atoms with van der Waals surface area (Å²) in [6, 6.07) is 4.27. The van der Waals surface area contributed by atoms with E-state index in [-0.39, 0.29) is 11.8 Å². The zero-order chi connectivity index (χ0) is 18.3. The van der Waals surface area contributed by atoms with Crippen LogP contribution in [0.2, 0.25) is 0 Å². The Morgan fingerprint density at radius 3 is 3.12 bits per heavy atom. The first-order valence-corrected chi connectivity index (χ1v) is 9.50. The van der Waals surface area contributed by atoms with Crippen LogP contribution in [-0.4, -0.2) is 30.4 Å².